The van der Waals surface area contributed by atoms with Crippen molar-refractivity contribution in [3.8, 4) is 0 Å². The standard InChI is InChI=1S/C26H38O9/c1-10-23(7)13-17(30)26(31)24(8)18(32-14(2)27)11-12-22(5,6)20(24)19(33-15(3)28)21(34-16(4)29)25(26,9)35-23/h10,18-21,31H,1,11-13H2,2-9H3/t18-,19-,20-,21-,23+,24-,25+,26-/m0/s1. The van der Waals surface area contributed by atoms with Crippen LogP contribution in [-0.2, 0) is 38.1 Å². The number of hydrogen-bond acceptors (Lipinski definition) is 9. The summed E-state index contributed by atoms with van der Waals surface area (Å²) in [6.07, 6.45) is -1.13. The second-order valence-corrected chi connectivity index (χ2v) is 11.5. The van der Waals surface area contributed by atoms with Crippen molar-refractivity contribution in [2.75, 3.05) is 0 Å². The topological polar surface area (TPSA) is 125 Å². The third-order valence-corrected chi connectivity index (χ3v) is 8.57. The summed E-state index contributed by atoms with van der Waals surface area (Å²) >= 11 is 0. The Kier molecular flexibility index (Phi) is 6.56. The average molecular weight is 495 g/mol. The summed E-state index contributed by atoms with van der Waals surface area (Å²) in [5, 5.41) is 12.6. The lowest BCUT2D eigenvalue weighted by atomic mass is 9.39. The van der Waals surface area contributed by atoms with E-state index in [-0.39, 0.29) is 6.42 Å². The minimum absolute atomic E-state index is 0.191. The van der Waals surface area contributed by atoms with Crippen LogP contribution in [-0.4, -0.2) is 63.9 Å². The van der Waals surface area contributed by atoms with Crippen molar-refractivity contribution >= 4 is 23.7 Å². The Morgan fingerprint density at radius 2 is 1.54 bits per heavy atom. The van der Waals surface area contributed by atoms with Gasteiger partial charge in [0.15, 0.2) is 17.5 Å². The average Bonchev–Trinajstić information content (AvgIpc) is 2.70. The molecule has 1 saturated heterocycles. The maximum atomic E-state index is 14.0. The van der Waals surface area contributed by atoms with Crippen LogP contribution in [0.5, 0.6) is 0 Å². The Morgan fingerprint density at radius 3 is 2.03 bits per heavy atom. The Bertz CT molecular complexity index is 956. The zero-order chi connectivity index (χ0) is 26.8. The van der Waals surface area contributed by atoms with Crippen LogP contribution in [0.15, 0.2) is 12.7 Å². The SMILES string of the molecule is C=C[C@]1(C)CC(=O)[C@]2(O)[C@@]3(C)[C@@H](OC(C)=O)CCC(C)(C)[C@@H]3[C@H](OC(C)=O)[C@H](OC(C)=O)[C@@]2(C)O1. The van der Waals surface area contributed by atoms with Gasteiger partial charge in [-0.05, 0) is 32.1 Å². The number of Topliss-reactive ketones (excluding diaryl/α,β-unsaturated/α-hetero) is 1. The van der Waals surface area contributed by atoms with Crippen LogP contribution >= 0.6 is 0 Å². The normalized spacial score (nSPS) is 44.3. The number of carbonyl (C=O) groups excluding carboxylic acids is 4. The lowest BCUT2D eigenvalue weighted by Crippen LogP contribution is -2.87. The Balaban J connectivity index is 2.42. The first-order valence-corrected chi connectivity index (χ1v) is 12.0. The molecule has 2 saturated carbocycles. The predicted molar refractivity (Wildman–Crippen MR) is 124 cm³/mol. The molecule has 0 unspecified atom stereocenters. The van der Waals surface area contributed by atoms with E-state index in [1.165, 1.54) is 33.8 Å². The highest BCUT2D eigenvalue weighted by molar-refractivity contribution is 5.92. The molecule has 0 bridgehead atoms. The molecule has 1 aliphatic heterocycles. The number of ether oxygens (including phenoxy) is 4. The highest BCUT2D eigenvalue weighted by Gasteiger charge is 2.82. The van der Waals surface area contributed by atoms with Gasteiger partial charge in [0.05, 0.1) is 11.0 Å². The van der Waals surface area contributed by atoms with Crippen molar-refractivity contribution < 1.29 is 43.2 Å². The van der Waals surface area contributed by atoms with Crippen LogP contribution in [0, 0.1) is 16.7 Å². The maximum Gasteiger partial charge on any atom is 0.303 e. The smallest absolute Gasteiger partial charge is 0.303 e. The van der Waals surface area contributed by atoms with Crippen molar-refractivity contribution in [1.82, 2.24) is 0 Å². The number of aliphatic hydroxyl groups is 1. The number of ketones is 1. The van der Waals surface area contributed by atoms with Crippen molar-refractivity contribution in [1.29, 1.82) is 0 Å². The van der Waals surface area contributed by atoms with E-state index in [1.807, 2.05) is 13.8 Å². The fraction of sp³-hybridized carbons (Fsp3) is 0.769. The molecule has 3 aliphatic rings. The van der Waals surface area contributed by atoms with Gasteiger partial charge in [0.25, 0.3) is 0 Å². The second-order valence-electron chi connectivity index (χ2n) is 11.5. The molecule has 0 spiro atoms. The molecule has 1 N–H and O–H groups in total. The summed E-state index contributed by atoms with van der Waals surface area (Å²) < 4.78 is 23.8. The van der Waals surface area contributed by atoms with E-state index in [0.717, 1.165) is 0 Å². The number of hydrogen-bond donors (Lipinski definition) is 1. The number of carbonyl (C=O) groups is 4. The molecule has 0 aromatic carbocycles. The van der Waals surface area contributed by atoms with Crippen LogP contribution in [0.3, 0.4) is 0 Å². The maximum absolute atomic E-state index is 14.0. The first kappa shape index (κ1) is 27.3. The summed E-state index contributed by atoms with van der Waals surface area (Å²) in [7, 11) is 0. The first-order valence-electron chi connectivity index (χ1n) is 12.0. The van der Waals surface area contributed by atoms with Gasteiger partial charge >= 0.3 is 17.9 Å². The molecule has 3 rings (SSSR count). The molecule has 0 aromatic rings. The molecule has 196 valence electrons. The van der Waals surface area contributed by atoms with Crippen LogP contribution in [0.25, 0.3) is 0 Å². The number of esters is 3. The van der Waals surface area contributed by atoms with Gasteiger partial charge in [-0.25, -0.2) is 0 Å². The highest BCUT2D eigenvalue weighted by atomic mass is 16.6. The van der Waals surface area contributed by atoms with Crippen molar-refractivity contribution in [3.05, 3.63) is 12.7 Å². The van der Waals surface area contributed by atoms with Gasteiger partial charge < -0.3 is 24.1 Å². The molecule has 35 heavy (non-hydrogen) atoms. The Morgan fingerprint density at radius 1 is 1.00 bits per heavy atom. The van der Waals surface area contributed by atoms with Crippen molar-refractivity contribution in [2.45, 2.75) is 110 Å². The summed E-state index contributed by atoms with van der Waals surface area (Å²) in [4.78, 5) is 50.8. The van der Waals surface area contributed by atoms with E-state index in [1.54, 1.807) is 13.8 Å². The third-order valence-electron chi connectivity index (χ3n) is 8.57. The predicted octanol–water partition coefficient (Wildman–Crippen LogP) is 2.66. The lowest BCUT2D eigenvalue weighted by Gasteiger charge is -2.71. The summed E-state index contributed by atoms with van der Waals surface area (Å²) in [6, 6.07) is 0. The van der Waals surface area contributed by atoms with Gasteiger partial charge in [0, 0.05) is 33.1 Å². The quantitative estimate of drug-likeness (QED) is 0.357. The van der Waals surface area contributed by atoms with E-state index in [9.17, 15) is 24.3 Å². The van der Waals surface area contributed by atoms with Gasteiger partial charge in [-0.2, -0.15) is 0 Å². The summed E-state index contributed by atoms with van der Waals surface area (Å²) in [5.41, 5.74) is -7.39. The van der Waals surface area contributed by atoms with Gasteiger partial charge in [-0.1, -0.05) is 26.8 Å². The largest absolute Gasteiger partial charge is 0.462 e. The van der Waals surface area contributed by atoms with E-state index in [2.05, 4.69) is 6.58 Å². The zero-order valence-electron chi connectivity index (χ0n) is 21.9. The molecular weight excluding hydrogens is 456 g/mol. The van der Waals surface area contributed by atoms with Crippen molar-refractivity contribution in [2.24, 2.45) is 16.7 Å². The minimum Gasteiger partial charge on any atom is -0.462 e. The van der Waals surface area contributed by atoms with Crippen LogP contribution in [0.4, 0.5) is 0 Å². The van der Waals surface area contributed by atoms with E-state index >= 15 is 0 Å². The zero-order valence-corrected chi connectivity index (χ0v) is 21.9. The fourth-order valence-corrected chi connectivity index (χ4v) is 7.29. The van der Waals surface area contributed by atoms with Crippen LogP contribution in [0.1, 0.15) is 74.7 Å². The van der Waals surface area contributed by atoms with Gasteiger partial charge in [0.2, 0.25) is 0 Å². The number of rotatable bonds is 4. The fourth-order valence-electron chi connectivity index (χ4n) is 7.29. The van der Waals surface area contributed by atoms with Crippen LogP contribution in [0.2, 0.25) is 0 Å². The first-order chi connectivity index (χ1) is 15.9. The molecule has 8 atom stereocenters. The second kappa shape index (κ2) is 8.40. The lowest BCUT2D eigenvalue weighted by molar-refractivity contribution is -0.371. The molecule has 9 heteroatoms. The van der Waals surface area contributed by atoms with E-state index in [4.69, 9.17) is 18.9 Å². The Hall–Kier alpha value is -2.26. The molecule has 1 heterocycles. The monoisotopic (exact) mass is 494 g/mol. The molecule has 2 aliphatic carbocycles. The Labute approximate surface area is 206 Å². The summed E-state index contributed by atoms with van der Waals surface area (Å²) in [5.74, 6) is -3.16. The van der Waals surface area contributed by atoms with Gasteiger partial charge in [0.1, 0.15) is 17.8 Å². The van der Waals surface area contributed by atoms with Crippen molar-refractivity contribution in [3.63, 3.8) is 0 Å². The molecular formula is C26H38O9. The number of fused-ring (bicyclic) bond motifs is 3. The van der Waals surface area contributed by atoms with E-state index in [0.29, 0.717) is 12.8 Å². The van der Waals surface area contributed by atoms with E-state index < -0.39 is 75.6 Å². The van der Waals surface area contributed by atoms with Crippen LogP contribution < -0.4 is 0 Å². The summed E-state index contributed by atoms with van der Waals surface area (Å²) in [6.45, 7) is 16.2. The molecule has 9 nitrogen and oxygen atoms in total. The molecule has 3 fully saturated rings. The highest BCUT2D eigenvalue weighted by Crippen LogP contribution is 2.68. The van der Waals surface area contributed by atoms with Gasteiger partial charge in [-0.3, -0.25) is 19.2 Å². The minimum atomic E-state index is -2.26. The third kappa shape index (κ3) is 3.82. The molecule has 0 radical (unpaired) electrons. The molecule has 0 amide bonds. The van der Waals surface area contributed by atoms with Gasteiger partial charge in [-0.15, -0.1) is 6.58 Å². The molecule has 0 aromatic heterocycles.